The molecule has 0 saturated carbocycles. The van der Waals surface area contributed by atoms with E-state index in [2.05, 4.69) is 196 Å². The first-order valence-electron chi connectivity index (χ1n) is 24.9. The summed E-state index contributed by atoms with van der Waals surface area (Å²) in [5.74, 6) is 0. The smallest absolute Gasteiger partial charge is 0.264 e. The van der Waals surface area contributed by atoms with E-state index in [1.54, 1.807) is 0 Å². The van der Waals surface area contributed by atoms with Crippen molar-refractivity contribution in [2.24, 2.45) is 0 Å². The van der Waals surface area contributed by atoms with Crippen molar-refractivity contribution in [3.8, 4) is 0 Å². The van der Waals surface area contributed by atoms with Crippen molar-refractivity contribution in [2.45, 2.75) is 130 Å². The molecule has 0 fully saturated rings. The fourth-order valence-electron chi connectivity index (χ4n) is 11.2. The lowest BCUT2D eigenvalue weighted by Gasteiger charge is -2.46. The maximum atomic E-state index is 7.10. The minimum atomic E-state index is -0.0972. The predicted molar refractivity (Wildman–Crippen MR) is 311 cm³/mol. The summed E-state index contributed by atoms with van der Waals surface area (Å²) in [5, 5.41) is 0. The Kier molecular flexibility index (Phi) is 11.4. The van der Waals surface area contributed by atoms with E-state index in [-0.39, 0.29) is 61.1 Å². The van der Waals surface area contributed by atoms with E-state index in [1.165, 1.54) is 48.5 Å². The van der Waals surface area contributed by atoms with Gasteiger partial charge < -0.3 is 14.7 Å². The average Bonchev–Trinajstić information content (AvgIpc) is 3.73. The number of hydrogen-bond donors (Lipinski definition) is 0. The molecule has 3 aliphatic rings. The number of para-hydroxylation sites is 1. The molecule has 10 rings (SSSR count). The minimum absolute atomic E-state index is 0.0193. The summed E-state index contributed by atoms with van der Waals surface area (Å²) >= 11 is 2.04. The number of hydrogen-bond acceptors (Lipinski definition) is 4. The number of nitrogens with zero attached hydrogens (tertiary/aromatic N) is 3. The monoisotopic (exact) mass is 922 g/mol. The van der Waals surface area contributed by atoms with Gasteiger partial charge in [-0.2, -0.15) is 11.3 Å². The molecule has 3 heterocycles. The third-order valence-corrected chi connectivity index (χ3v) is 17.2. The molecular formula is C60H61B6N3S. The molecule has 0 N–H and O–H groups in total. The van der Waals surface area contributed by atoms with Crippen molar-refractivity contribution in [3.05, 3.63) is 136 Å². The highest BCUT2D eigenvalue weighted by molar-refractivity contribution is 7.29. The fourth-order valence-corrected chi connectivity index (χ4v) is 12.9. The molecule has 0 saturated heterocycles. The van der Waals surface area contributed by atoms with Crippen LogP contribution in [0.4, 0.5) is 51.2 Å². The largest absolute Gasteiger partial charge is 0.312 e. The van der Waals surface area contributed by atoms with Crippen molar-refractivity contribution < 1.29 is 0 Å². The second-order valence-corrected chi connectivity index (χ2v) is 25.5. The van der Waals surface area contributed by atoms with Crippen molar-refractivity contribution in [2.75, 3.05) is 14.7 Å². The molecule has 0 unspecified atom stereocenters. The van der Waals surface area contributed by atoms with Gasteiger partial charge in [-0.1, -0.05) is 156 Å². The van der Waals surface area contributed by atoms with Gasteiger partial charge in [-0.3, -0.25) is 0 Å². The summed E-state index contributed by atoms with van der Waals surface area (Å²) < 4.78 is 1.39. The third kappa shape index (κ3) is 7.68. The average molecular weight is 921 g/mol. The van der Waals surface area contributed by atoms with Gasteiger partial charge in [0.05, 0.1) is 11.4 Å². The maximum Gasteiger partial charge on any atom is 0.264 e. The lowest BCUT2D eigenvalue weighted by atomic mass is 9.35. The zero-order valence-electron chi connectivity index (χ0n) is 43.5. The molecule has 0 atom stereocenters. The highest BCUT2D eigenvalue weighted by Gasteiger charge is 2.51. The van der Waals surface area contributed by atoms with Crippen LogP contribution in [0.2, 0.25) is 0 Å². The lowest BCUT2D eigenvalue weighted by Crippen LogP contribution is -2.61. The lowest BCUT2D eigenvalue weighted by molar-refractivity contribution is 0.339. The molecule has 10 heteroatoms. The van der Waals surface area contributed by atoms with Crippen LogP contribution in [-0.2, 0) is 27.1 Å². The van der Waals surface area contributed by atoms with E-state index in [0.717, 1.165) is 52.7 Å². The molecule has 340 valence electrons. The summed E-state index contributed by atoms with van der Waals surface area (Å²) in [7, 11) is 34.2. The highest BCUT2D eigenvalue weighted by atomic mass is 32.1. The summed E-state index contributed by atoms with van der Waals surface area (Å²) in [5.41, 5.74) is 17.7. The summed E-state index contributed by atoms with van der Waals surface area (Å²) in [6, 6.07) is 40.6. The second kappa shape index (κ2) is 16.4. The van der Waals surface area contributed by atoms with Gasteiger partial charge in [-0.05, 0) is 128 Å². The van der Waals surface area contributed by atoms with Crippen LogP contribution in [0.25, 0.3) is 0 Å². The SMILES string of the molecule is [B]c1c([B])c([B])c(N(c2ccccc2)c2cc3c4c(c2)N(c2ccc(C(C)(C)C)cc2)c2c(sc5c2C(C)(C)CCC5(C)C)B4c2cc(C(C)(C)C)ccc2N3c2ccc(C(C)(C)C)cc2)c([B])c1[B]. The molecule has 0 spiro atoms. The van der Waals surface area contributed by atoms with E-state index >= 15 is 0 Å². The van der Waals surface area contributed by atoms with E-state index in [4.69, 9.17) is 39.2 Å². The fraction of sp³-hybridized carbons (Fsp3) is 0.333. The van der Waals surface area contributed by atoms with Crippen molar-refractivity contribution >= 4 is 151 Å². The zero-order chi connectivity index (χ0) is 50.4. The Hall–Kier alpha value is -5.19. The van der Waals surface area contributed by atoms with Crippen molar-refractivity contribution in [1.29, 1.82) is 0 Å². The first-order chi connectivity index (χ1) is 32.7. The first kappa shape index (κ1) is 48.4. The molecule has 70 heavy (non-hydrogen) atoms. The van der Waals surface area contributed by atoms with Crippen molar-refractivity contribution in [3.63, 3.8) is 0 Å². The summed E-state index contributed by atoms with van der Waals surface area (Å²) in [4.78, 5) is 8.68. The van der Waals surface area contributed by atoms with Crippen LogP contribution in [-0.4, -0.2) is 45.9 Å². The third-order valence-electron chi connectivity index (χ3n) is 15.5. The summed E-state index contributed by atoms with van der Waals surface area (Å²) in [6.45, 7) is 30.4. The zero-order valence-corrected chi connectivity index (χ0v) is 44.3. The van der Waals surface area contributed by atoms with E-state index < -0.39 is 0 Å². The molecule has 10 radical (unpaired) electrons. The van der Waals surface area contributed by atoms with Crippen LogP contribution in [0, 0.1) is 0 Å². The molecular weight excluding hydrogens is 860 g/mol. The number of benzene rings is 6. The second-order valence-electron chi connectivity index (χ2n) is 24.5. The van der Waals surface area contributed by atoms with Gasteiger partial charge in [0.1, 0.15) is 39.2 Å². The Morgan fingerprint density at radius 1 is 0.514 bits per heavy atom. The molecule has 7 aromatic rings. The molecule has 0 bridgehead atoms. The quantitative estimate of drug-likeness (QED) is 0.160. The molecule has 2 aliphatic heterocycles. The molecule has 0 amide bonds. The maximum absolute atomic E-state index is 7.10. The van der Waals surface area contributed by atoms with Crippen LogP contribution >= 0.6 is 11.3 Å². The topological polar surface area (TPSA) is 9.72 Å². The van der Waals surface area contributed by atoms with E-state index in [1.807, 2.05) is 29.5 Å². The normalized spacial score (nSPS) is 15.8. The molecule has 3 nitrogen and oxygen atoms in total. The molecule has 1 aromatic heterocycles. The Balaban J connectivity index is 1.40. The number of rotatable bonds is 5. The Morgan fingerprint density at radius 2 is 0.986 bits per heavy atom. The Labute approximate surface area is 430 Å². The van der Waals surface area contributed by atoms with E-state index in [0.29, 0.717) is 5.69 Å². The minimum Gasteiger partial charge on any atom is -0.312 e. The number of fused-ring (bicyclic) bond motifs is 6. The van der Waals surface area contributed by atoms with Crippen molar-refractivity contribution in [1.82, 2.24) is 0 Å². The standard InChI is InChI=1S/C60H61B6N3S/c1-56(2,3)34-19-24-38(25-20-34)68-42-28-23-36(58(7,8)9)31-41(42)66-51-43(68)32-40(67(37-17-15-14-16-18-37)53-49(64)47(62)46(61)48(63)50(53)65)33-44(51)69(39-26-21-35(22-27-39)57(4,5)6)52-45-54(70-55(52)66)60(12,13)30-29-59(45,10)11/h14-28,31-33H,29-30H2,1-13H3. The van der Waals surface area contributed by atoms with Crippen LogP contribution in [0.5, 0.6) is 0 Å². The Bertz CT molecular complexity index is 3200. The Morgan fingerprint density at radius 3 is 1.51 bits per heavy atom. The van der Waals surface area contributed by atoms with Crippen LogP contribution in [0.15, 0.2) is 109 Å². The van der Waals surface area contributed by atoms with Gasteiger partial charge in [0, 0.05) is 49.5 Å². The highest BCUT2D eigenvalue weighted by Crippen LogP contribution is 2.57. The number of anilines is 9. The first-order valence-corrected chi connectivity index (χ1v) is 25.7. The number of thiophene rings is 1. The van der Waals surface area contributed by atoms with Gasteiger partial charge >= 0.3 is 0 Å². The van der Waals surface area contributed by atoms with Gasteiger partial charge in [0.25, 0.3) is 6.71 Å². The van der Waals surface area contributed by atoms with Gasteiger partial charge in [0.2, 0.25) is 0 Å². The van der Waals surface area contributed by atoms with Crippen LogP contribution < -0.4 is 57.7 Å². The molecule has 6 aromatic carbocycles. The summed E-state index contributed by atoms with van der Waals surface area (Å²) in [6.07, 6.45) is 2.20. The molecule has 1 aliphatic carbocycles. The van der Waals surface area contributed by atoms with Crippen LogP contribution in [0.1, 0.15) is 130 Å². The predicted octanol–water partition coefficient (Wildman–Crippen LogP) is 9.51. The van der Waals surface area contributed by atoms with Gasteiger partial charge in [-0.25, -0.2) is 0 Å². The van der Waals surface area contributed by atoms with E-state index in [9.17, 15) is 0 Å². The van der Waals surface area contributed by atoms with Gasteiger partial charge in [0.15, 0.2) is 0 Å². The van der Waals surface area contributed by atoms with Gasteiger partial charge in [-0.15, -0.1) is 16.4 Å². The van der Waals surface area contributed by atoms with Crippen LogP contribution in [0.3, 0.4) is 0 Å².